The van der Waals surface area contributed by atoms with Gasteiger partial charge in [0.15, 0.2) is 0 Å². The number of imidazole rings is 1. The summed E-state index contributed by atoms with van der Waals surface area (Å²) in [6.07, 6.45) is 18.1. The molecule has 2 aliphatic rings. The molecule has 0 amide bonds. The summed E-state index contributed by atoms with van der Waals surface area (Å²) in [5.41, 5.74) is 5.61. The highest BCUT2D eigenvalue weighted by atomic mass is 35.5. The quantitative estimate of drug-likeness (QED) is 0.645. The van der Waals surface area contributed by atoms with Gasteiger partial charge in [0.2, 0.25) is 0 Å². The van der Waals surface area contributed by atoms with E-state index in [2.05, 4.69) is 40.9 Å². The summed E-state index contributed by atoms with van der Waals surface area (Å²) in [7, 11) is 0. The van der Waals surface area contributed by atoms with Gasteiger partial charge in [0.05, 0.1) is 6.33 Å². The summed E-state index contributed by atoms with van der Waals surface area (Å²) in [5.74, 6) is 0.824. The van der Waals surface area contributed by atoms with Crippen LogP contribution in [0.2, 0.25) is 0 Å². The standard InChI is InChI=1S/C22H30N2.ClH/c1-2-3-10-22-11-5-8-19-6-4-7-20(21(19)22)15-18(16-22)9-13-24-14-12-23-17-24;/h4,6-7,12,14,17-18H,2-3,5,8-11,13,15-16H2,1H3;1H/t18?,22-;/m1./s1. The average molecular weight is 359 g/mol. The van der Waals surface area contributed by atoms with E-state index in [1.165, 1.54) is 57.8 Å². The fourth-order valence-electron chi connectivity index (χ4n) is 5.42. The van der Waals surface area contributed by atoms with Crippen molar-refractivity contribution in [3.63, 3.8) is 0 Å². The van der Waals surface area contributed by atoms with E-state index in [-0.39, 0.29) is 12.4 Å². The minimum absolute atomic E-state index is 0. The van der Waals surface area contributed by atoms with Crippen molar-refractivity contribution in [2.75, 3.05) is 0 Å². The van der Waals surface area contributed by atoms with Crippen LogP contribution in [0.5, 0.6) is 0 Å². The number of aromatic nitrogens is 2. The van der Waals surface area contributed by atoms with Gasteiger partial charge in [-0.2, -0.15) is 0 Å². The Balaban J connectivity index is 0.00000182. The summed E-state index contributed by atoms with van der Waals surface area (Å²) in [5, 5.41) is 0. The molecule has 0 saturated carbocycles. The number of halogens is 1. The highest BCUT2D eigenvalue weighted by molar-refractivity contribution is 5.85. The first kappa shape index (κ1) is 18.5. The SMILES string of the molecule is CCCC[C@]12CCCc3cccc(c31)CC(CCn1ccnc1)C2.Cl. The fraction of sp³-hybridized carbons (Fsp3) is 0.591. The normalized spacial score (nSPS) is 24.4. The minimum Gasteiger partial charge on any atom is -0.337 e. The predicted octanol–water partition coefficient (Wildman–Crippen LogP) is 5.72. The number of unbranched alkanes of at least 4 members (excludes halogenated alkanes) is 1. The molecule has 1 aromatic heterocycles. The topological polar surface area (TPSA) is 17.8 Å². The molecule has 1 unspecified atom stereocenters. The molecule has 0 radical (unpaired) electrons. The van der Waals surface area contributed by atoms with E-state index in [0.717, 1.165) is 12.5 Å². The molecule has 2 aliphatic carbocycles. The van der Waals surface area contributed by atoms with Gasteiger partial charge in [0, 0.05) is 18.9 Å². The summed E-state index contributed by atoms with van der Waals surface area (Å²) < 4.78 is 2.24. The van der Waals surface area contributed by atoms with E-state index in [0.29, 0.717) is 5.41 Å². The van der Waals surface area contributed by atoms with Crippen LogP contribution in [-0.4, -0.2) is 9.55 Å². The largest absolute Gasteiger partial charge is 0.337 e. The second-order valence-corrected chi connectivity index (χ2v) is 8.05. The predicted molar refractivity (Wildman–Crippen MR) is 106 cm³/mol. The van der Waals surface area contributed by atoms with Gasteiger partial charge in [0.25, 0.3) is 0 Å². The van der Waals surface area contributed by atoms with Gasteiger partial charge >= 0.3 is 0 Å². The number of benzene rings is 1. The molecule has 0 spiro atoms. The molecule has 0 fully saturated rings. The molecule has 4 rings (SSSR count). The lowest BCUT2D eigenvalue weighted by atomic mass is 9.58. The lowest BCUT2D eigenvalue weighted by molar-refractivity contribution is 0.218. The first-order valence-corrected chi connectivity index (χ1v) is 9.88. The molecule has 0 N–H and O–H groups in total. The molecule has 136 valence electrons. The molecule has 0 bridgehead atoms. The summed E-state index contributed by atoms with van der Waals surface area (Å²) in [6, 6.07) is 7.14. The third-order valence-electron chi connectivity index (χ3n) is 6.42. The van der Waals surface area contributed by atoms with E-state index < -0.39 is 0 Å². The smallest absolute Gasteiger partial charge is 0.0945 e. The number of rotatable bonds is 6. The van der Waals surface area contributed by atoms with Crippen molar-refractivity contribution < 1.29 is 0 Å². The molecule has 2 nitrogen and oxygen atoms in total. The van der Waals surface area contributed by atoms with Gasteiger partial charge in [-0.1, -0.05) is 38.0 Å². The molecule has 1 aromatic carbocycles. The maximum Gasteiger partial charge on any atom is 0.0945 e. The third-order valence-corrected chi connectivity index (χ3v) is 6.42. The van der Waals surface area contributed by atoms with Crippen LogP contribution in [-0.2, 0) is 24.8 Å². The van der Waals surface area contributed by atoms with Crippen LogP contribution in [0.3, 0.4) is 0 Å². The van der Waals surface area contributed by atoms with Gasteiger partial charge in [-0.15, -0.1) is 12.4 Å². The molecule has 2 atom stereocenters. The van der Waals surface area contributed by atoms with Crippen LogP contribution in [0.4, 0.5) is 0 Å². The molecule has 0 aliphatic heterocycles. The van der Waals surface area contributed by atoms with E-state index in [9.17, 15) is 0 Å². The molecule has 1 heterocycles. The molecule has 3 heteroatoms. The van der Waals surface area contributed by atoms with Gasteiger partial charge < -0.3 is 4.57 Å². The number of hydrogen-bond acceptors (Lipinski definition) is 1. The van der Waals surface area contributed by atoms with Gasteiger partial charge in [-0.25, -0.2) is 4.98 Å². The Bertz CT molecular complexity index is 679. The Hall–Kier alpha value is -1.28. The van der Waals surface area contributed by atoms with Crippen molar-refractivity contribution in [2.24, 2.45) is 5.92 Å². The number of hydrogen-bond donors (Lipinski definition) is 0. The van der Waals surface area contributed by atoms with E-state index in [1.807, 2.05) is 12.5 Å². The highest BCUT2D eigenvalue weighted by Crippen LogP contribution is 2.51. The lowest BCUT2D eigenvalue weighted by Gasteiger charge is -2.47. The van der Waals surface area contributed by atoms with Gasteiger partial charge in [-0.05, 0) is 73.0 Å². The zero-order valence-electron chi connectivity index (χ0n) is 15.4. The number of aryl methyl sites for hydroxylation is 2. The van der Waals surface area contributed by atoms with Crippen molar-refractivity contribution in [3.05, 3.63) is 53.6 Å². The van der Waals surface area contributed by atoms with Crippen LogP contribution in [0, 0.1) is 5.92 Å². The van der Waals surface area contributed by atoms with Crippen LogP contribution in [0.1, 0.15) is 68.6 Å². The van der Waals surface area contributed by atoms with Crippen molar-refractivity contribution in [1.29, 1.82) is 0 Å². The molecular formula is C22H31ClN2. The molecule has 2 aromatic rings. The van der Waals surface area contributed by atoms with Crippen molar-refractivity contribution >= 4 is 12.4 Å². The summed E-state index contributed by atoms with van der Waals surface area (Å²) in [4.78, 5) is 4.19. The van der Waals surface area contributed by atoms with Gasteiger partial charge in [0.1, 0.15) is 0 Å². The van der Waals surface area contributed by atoms with Crippen LogP contribution < -0.4 is 0 Å². The maximum atomic E-state index is 4.19. The Morgan fingerprint density at radius 2 is 2.16 bits per heavy atom. The monoisotopic (exact) mass is 358 g/mol. The first-order valence-electron chi connectivity index (χ1n) is 9.88. The Kier molecular flexibility index (Phi) is 5.89. The van der Waals surface area contributed by atoms with E-state index in [4.69, 9.17) is 0 Å². The van der Waals surface area contributed by atoms with Crippen LogP contribution in [0.25, 0.3) is 0 Å². The molecule has 25 heavy (non-hydrogen) atoms. The second-order valence-electron chi connectivity index (χ2n) is 8.05. The van der Waals surface area contributed by atoms with Crippen LogP contribution in [0.15, 0.2) is 36.9 Å². The Morgan fingerprint density at radius 3 is 2.96 bits per heavy atom. The van der Waals surface area contributed by atoms with Gasteiger partial charge in [-0.3, -0.25) is 0 Å². The number of nitrogens with zero attached hydrogens (tertiary/aromatic N) is 2. The third kappa shape index (κ3) is 3.65. The molecule has 0 saturated heterocycles. The zero-order valence-corrected chi connectivity index (χ0v) is 16.2. The van der Waals surface area contributed by atoms with E-state index >= 15 is 0 Å². The maximum absolute atomic E-state index is 4.19. The van der Waals surface area contributed by atoms with Crippen molar-refractivity contribution in [1.82, 2.24) is 9.55 Å². The summed E-state index contributed by atoms with van der Waals surface area (Å²) in [6.45, 7) is 3.45. The fourth-order valence-corrected chi connectivity index (χ4v) is 5.42. The first-order chi connectivity index (χ1) is 11.8. The average Bonchev–Trinajstić information content (AvgIpc) is 3.12. The minimum atomic E-state index is 0. The van der Waals surface area contributed by atoms with Crippen LogP contribution >= 0.6 is 12.4 Å². The van der Waals surface area contributed by atoms with Crippen molar-refractivity contribution in [3.8, 4) is 0 Å². The van der Waals surface area contributed by atoms with E-state index in [1.54, 1.807) is 16.7 Å². The Labute approximate surface area is 158 Å². The van der Waals surface area contributed by atoms with Crippen molar-refractivity contribution in [2.45, 2.75) is 76.7 Å². The summed E-state index contributed by atoms with van der Waals surface area (Å²) >= 11 is 0. The lowest BCUT2D eigenvalue weighted by Crippen LogP contribution is -2.39. The zero-order chi connectivity index (χ0) is 16.4. The highest BCUT2D eigenvalue weighted by Gasteiger charge is 2.42. The Morgan fingerprint density at radius 1 is 1.28 bits per heavy atom. The second kappa shape index (κ2) is 7.95. The molecular weight excluding hydrogens is 328 g/mol.